The Balaban J connectivity index is 1.75. The van der Waals surface area contributed by atoms with Crippen molar-refractivity contribution in [2.24, 2.45) is 11.8 Å². The predicted octanol–water partition coefficient (Wildman–Crippen LogP) is 4.66. The molecule has 2 aliphatic carbocycles. The van der Waals surface area contributed by atoms with Gasteiger partial charge in [0, 0.05) is 6.42 Å². The SMILES string of the molecule is CCCCCC[C@@H]1CCC2=CC(=O)CC[C@@H]2C1. The van der Waals surface area contributed by atoms with Gasteiger partial charge in [-0.1, -0.05) is 44.6 Å². The lowest BCUT2D eigenvalue weighted by molar-refractivity contribution is -0.115. The zero-order valence-electron chi connectivity index (χ0n) is 11.2. The molecule has 0 aromatic heterocycles. The molecule has 0 saturated heterocycles. The summed E-state index contributed by atoms with van der Waals surface area (Å²) in [6, 6.07) is 0. The molecule has 1 nitrogen and oxygen atoms in total. The fourth-order valence-corrected chi connectivity index (χ4v) is 3.46. The molecule has 2 atom stereocenters. The van der Waals surface area contributed by atoms with Gasteiger partial charge in [0.2, 0.25) is 0 Å². The van der Waals surface area contributed by atoms with Gasteiger partial charge in [-0.15, -0.1) is 0 Å². The number of carbonyl (C=O) groups excluding carboxylic acids is 1. The van der Waals surface area contributed by atoms with Gasteiger partial charge in [-0.25, -0.2) is 0 Å². The maximum absolute atomic E-state index is 11.4. The van der Waals surface area contributed by atoms with E-state index in [2.05, 4.69) is 6.92 Å². The van der Waals surface area contributed by atoms with Crippen LogP contribution in [0.1, 0.15) is 71.1 Å². The molecule has 0 radical (unpaired) electrons. The zero-order chi connectivity index (χ0) is 12.1. The number of fused-ring (bicyclic) bond motifs is 1. The Hall–Kier alpha value is -0.590. The van der Waals surface area contributed by atoms with Crippen LogP contribution in [0.2, 0.25) is 0 Å². The van der Waals surface area contributed by atoms with Crippen molar-refractivity contribution in [3.63, 3.8) is 0 Å². The van der Waals surface area contributed by atoms with Gasteiger partial charge in [-0.3, -0.25) is 4.79 Å². The second-order valence-electron chi connectivity index (χ2n) is 5.91. The average Bonchev–Trinajstić information content (AvgIpc) is 2.35. The first kappa shape index (κ1) is 12.9. The van der Waals surface area contributed by atoms with E-state index in [1.54, 1.807) is 0 Å². The molecular formula is C16H26O. The molecule has 0 spiro atoms. The number of unbranched alkanes of at least 4 members (excludes halogenated alkanes) is 3. The van der Waals surface area contributed by atoms with Gasteiger partial charge in [0.1, 0.15) is 0 Å². The Morgan fingerprint density at radius 1 is 1.18 bits per heavy atom. The zero-order valence-corrected chi connectivity index (χ0v) is 11.2. The molecule has 2 aliphatic rings. The third kappa shape index (κ3) is 3.69. The third-order valence-electron chi connectivity index (χ3n) is 4.53. The highest BCUT2D eigenvalue weighted by molar-refractivity contribution is 5.91. The number of hydrogen-bond donors (Lipinski definition) is 0. The summed E-state index contributed by atoms with van der Waals surface area (Å²) in [5, 5.41) is 0. The molecule has 1 heteroatoms. The van der Waals surface area contributed by atoms with Crippen molar-refractivity contribution in [1.29, 1.82) is 0 Å². The van der Waals surface area contributed by atoms with Crippen LogP contribution in [0, 0.1) is 11.8 Å². The summed E-state index contributed by atoms with van der Waals surface area (Å²) in [6.45, 7) is 2.27. The van der Waals surface area contributed by atoms with Crippen LogP contribution in [0.4, 0.5) is 0 Å². The van der Waals surface area contributed by atoms with Crippen LogP contribution in [0.3, 0.4) is 0 Å². The van der Waals surface area contributed by atoms with Crippen LogP contribution < -0.4 is 0 Å². The number of rotatable bonds is 5. The highest BCUT2D eigenvalue weighted by atomic mass is 16.1. The molecule has 0 unspecified atom stereocenters. The molecule has 0 aromatic carbocycles. The first-order chi connectivity index (χ1) is 8.29. The summed E-state index contributed by atoms with van der Waals surface area (Å²) in [5.74, 6) is 2.08. The smallest absolute Gasteiger partial charge is 0.155 e. The van der Waals surface area contributed by atoms with Crippen molar-refractivity contribution in [2.45, 2.75) is 71.1 Å². The third-order valence-corrected chi connectivity index (χ3v) is 4.53. The normalized spacial score (nSPS) is 28.8. The molecule has 0 amide bonds. The maximum Gasteiger partial charge on any atom is 0.155 e. The Morgan fingerprint density at radius 2 is 2.06 bits per heavy atom. The van der Waals surface area contributed by atoms with E-state index in [0.717, 1.165) is 24.7 Å². The van der Waals surface area contributed by atoms with Crippen molar-refractivity contribution in [3.8, 4) is 0 Å². The lowest BCUT2D eigenvalue weighted by Crippen LogP contribution is -2.22. The maximum atomic E-state index is 11.4. The molecule has 17 heavy (non-hydrogen) atoms. The minimum Gasteiger partial charge on any atom is -0.295 e. The summed E-state index contributed by atoms with van der Waals surface area (Å²) in [7, 11) is 0. The minimum atomic E-state index is 0.373. The fourth-order valence-electron chi connectivity index (χ4n) is 3.46. The summed E-state index contributed by atoms with van der Waals surface area (Å²) >= 11 is 0. The number of allylic oxidation sites excluding steroid dienone is 2. The topological polar surface area (TPSA) is 17.1 Å². The van der Waals surface area contributed by atoms with Gasteiger partial charge < -0.3 is 0 Å². The molecule has 0 aliphatic heterocycles. The van der Waals surface area contributed by atoms with Crippen molar-refractivity contribution < 1.29 is 4.79 Å². The first-order valence-corrected chi connectivity index (χ1v) is 7.53. The summed E-state index contributed by atoms with van der Waals surface area (Å²) in [6.07, 6.45) is 14.8. The standard InChI is InChI=1S/C16H26O/c1-2-3-4-5-6-13-7-8-15-12-16(17)10-9-14(15)11-13/h12-14H,2-11H2,1H3/t13-,14-/m1/s1. The van der Waals surface area contributed by atoms with Crippen LogP contribution in [0.15, 0.2) is 11.6 Å². The first-order valence-electron chi connectivity index (χ1n) is 7.53. The van der Waals surface area contributed by atoms with E-state index in [1.807, 2.05) is 6.08 Å². The number of ketones is 1. The lowest BCUT2D eigenvalue weighted by atomic mass is 9.72. The Bertz CT molecular complexity index is 290. The highest BCUT2D eigenvalue weighted by Crippen LogP contribution is 2.40. The van der Waals surface area contributed by atoms with Gasteiger partial charge in [0.05, 0.1) is 0 Å². The second-order valence-corrected chi connectivity index (χ2v) is 5.91. The quantitative estimate of drug-likeness (QED) is 0.632. The van der Waals surface area contributed by atoms with Crippen LogP contribution in [-0.2, 0) is 4.79 Å². The van der Waals surface area contributed by atoms with Crippen molar-refractivity contribution >= 4 is 5.78 Å². The summed E-state index contributed by atoms with van der Waals surface area (Å²) in [4.78, 5) is 11.4. The Labute approximate surface area is 106 Å². The van der Waals surface area contributed by atoms with Crippen LogP contribution in [0.5, 0.6) is 0 Å². The monoisotopic (exact) mass is 234 g/mol. The molecule has 2 rings (SSSR count). The van der Waals surface area contributed by atoms with Gasteiger partial charge in [0.15, 0.2) is 5.78 Å². The Morgan fingerprint density at radius 3 is 2.88 bits per heavy atom. The van der Waals surface area contributed by atoms with E-state index in [-0.39, 0.29) is 0 Å². The van der Waals surface area contributed by atoms with Crippen molar-refractivity contribution in [3.05, 3.63) is 11.6 Å². The average molecular weight is 234 g/mol. The van der Waals surface area contributed by atoms with Gasteiger partial charge in [0.25, 0.3) is 0 Å². The Kier molecular flexibility index (Phi) is 4.82. The minimum absolute atomic E-state index is 0.373. The van der Waals surface area contributed by atoms with Crippen LogP contribution in [-0.4, -0.2) is 5.78 Å². The largest absolute Gasteiger partial charge is 0.295 e. The van der Waals surface area contributed by atoms with E-state index in [0.29, 0.717) is 5.78 Å². The van der Waals surface area contributed by atoms with Gasteiger partial charge in [-0.05, 0) is 43.6 Å². The lowest BCUT2D eigenvalue weighted by Gasteiger charge is -2.33. The molecule has 0 aromatic rings. The summed E-state index contributed by atoms with van der Waals surface area (Å²) in [5.41, 5.74) is 1.48. The molecular weight excluding hydrogens is 208 g/mol. The fraction of sp³-hybridized carbons (Fsp3) is 0.812. The molecule has 1 saturated carbocycles. The van der Waals surface area contributed by atoms with E-state index in [1.165, 1.54) is 56.9 Å². The predicted molar refractivity (Wildman–Crippen MR) is 71.9 cm³/mol. The second kappa shape index (κ2) is 6.37. The van der Waals surface area contributed by atoms with Gasteiger partial charge >= 0.3 is 0 Å². The number of carbonyl (C=O) groups is 1. The van der Waals surface area contributed by atoms with E-state index in [9.17, 15) is 4.79 Å². The van der Waals surface area contributed by atoms with E-state index in [4.69, 9.17) is 0 Å². The van der Waals surface area contributed by atoms with Gasteiger partial charge in [-0.2, -0.15) is 0 Å². The molecule has 1 fully saturated rings. The molecule has 0 heterocycles. The summed E-state index contributed by atoms with van der Waals surface area (Å²) < 4.78 is 0. The van der Waals surface area contributed by atoms with E-state index >= 15 is 0 Å². The van der Waals surface area contributed by atoms with Crippen LogP contribution >= 0.6 is 0 Å². The van der Waals surface area contributed by atoms with Crippen LogP contribution in [0.25, 0.3) is 0 Å². The molecule has 96 valence electrons. The molecule has 0 bridgehead atoms. The van der Waals surface area contributed by atoms with Crippen molar-refractivity contribution in [2.75, 3.05) is 0 Å². The molecule has 0 N–H and O–H groups in total. The highest BCUT2D eigenvalue weighted by Gasteiger charge is 2.28. The number of hydrogen-bond acceptors (Lipinski definition) is 1. The van der Waals surface area contributed by atoms with Crippen molar-refractivity contribution in [1.82, 2.24) is 0 Å². The van der Waals surface area contributed by atoms with E-state index < -0.39 is 0 Å².